The maximum absolute atomic E-state index is 13.5. The molecule has 0 aromatic heterocycles. The highest BCUT2D eigenvalue weighted by molar-refractivity contribution is 6.00. The normalized spacial score (nSPS) is 18.6. The number of hydrogen-bond donors (Lipinski definition) is 1. The van der Waals surface area contributed by atoms with Gasteiger partial charge in [0.1, 0.15) is 17.7 Å². The molecular formula is C14H16F2O2. The summed E-state index contributed by atoms with van der Waals surface area (Å²) in [5.74, 6) is -2.83. The number of benzene rings is 1. The van der Waals surface area contributed by atoms with E-state index in [4.69, 9.17) is 0 Å². The average Bonchev–Trinajstić information content (AvgIpc) is 2.38. The first-order chi connectivity index (χ1) is 8.61. The molecule has 0 bridgehead atoms. The molecule has 1 aliphatic rings. The summed E-state index contributed by atoms with van der Waals surface area (Å²) in [5.41, 5.74) is -0.615. The predicted octanol–water partition coefficient (Wildman–Crippen LogP) is 3.09. The Morgan fingerprint density at radius 1 is 1.17 bits per heavy atom. The number of ketones is 1. The molecule has 0 radical (unpaired) electrons. The lowest BCUT2D eigenvalue weighted by Gasteiger charge is -2.25. The van der Waals surface area contributed by atoms with Crippen molar-refractivity contribution in [3.63, 3.8) is 0 Å². The van der Waals surface area contributed by atoms with E-state index in [-0.39, 0.29) is 5.92 Å². The number of rotatable bonds is 3. The predicted molar refractivity (Wildman–Crippen MR) is 63.3 cm³/mol. The van der Waals surface area contributed by atoms with Gasteiger partial charge in [0, 0.05) is 0 Å². The van der Waals surface area contributed by atoms with Crippen LogP contribution in [0.1, 0.15) is 42.5 Å². The highest BCUT2D eigenvalue weighted by Gasteiger charge is 2.31. The summed E-state index contributed by atoms with van der Waals surface area (Å²) >= 11 is 0. The molecule has 0 aliphatic heterocycles. The van der Waals surface area contributed by atoms with Crippen LogP contribution in [-0.4, -0.2) is 17.0 Å². The average molecular weight is 254 g/mol. The van der Waals surface area contributed by atoms with E-state index in [9.17, 15) is 18.7 Å². The second-order valence-electron chi connectivity index (χ2n) is 4.80. The molecule has 4 heteroatoms. The molecule has 1 aromatic rings. The monoisotopic (exact) mass is 254 g/mol. The summed E-state index contributed by atoms with van der Waals surface area (Å²) in [5, 5.41) is 9.96. The van der Waals surface area contributed by atoms with Crippen LogP contribution in [0.2, 0.25) is 0 Å². The summed E-state index contributed by atoms with van der Waals surface area (Å²) in [7, 11) is 0. The van der Waals surface area contributed by atoms with Gasteiger partial charge in [0.15, 0.2) is 5.78 Å². The van der Waals surface area contributed by atoms with Gasteiger partial charge < -0.3 is 5.11 Å². The van der Waals surface area contributed by atoms with Gasteiger partial charge in [0.05, 0.1) is 5.56 Å². The van der Waals surface area contributed by atoms with Gasteiger partial charge in [0.25, 0.3) is 0 Å². The first-order valence-corrected chi connectivity index (χ1v) is 6.27. The SMILES string of the molecule is O=C(c1c(F)cccc1F)C(O)C1CCCCC1. The lowest BCUT2D eigenvalue weighted by Crippen LogP contribution is -2.32. The van der Waals surface area contributed by atoms with Crippen LogP contribution in [-0.2, 0) is 0 Å². The summed E-state index contributed by atoms with van der Waals surface area (Å²) in [4.78, 5) is 12.0. The van der Waals surface area contributed by atoms with Crippen LogP contribution in [0, 0.1) is 17.6 Å². The fourth-order valence-electron chi connectivity index (χ4n) is 2.55. The quantitative estimate of drug-likeness (QED) is 0.842. The van der Waals surface area contributed by atoms with Crippen molar-refractivity contribution in [2.45, 2.75) is 38.2 Å². The summed E-state index contributed by atoms with van der Waals surface area (Å²) in [6, 6.07) is 3.27. The lowest BCUT2D eigenvalue weighted by atomic mass is 9.82. The van der Waals surface area contributed by atoms with E-state index in [0.717, 1.165) is 44.2 Å². The fourth-order valence-corrected chi connectivity index (χ4v) is 2.55. The van der Waals surface area contributed by atoms with Crippen molar-refractivity contribution in [1.82, 2.24) is 0 Å². The Kier molecular flexibility index (Phi) is 4.07. The standard InChI is InChI=1S/C14H16F2O2/c15-10-7-4-8-11(16)12(10)14(18)13(17)9-5-2-1-3-6-9/h4,7-9,13,17H,1-3,5-6H2. The summed E-state index contributed by atoms with van der Waals surface area (Å²) in [6.45, 7) is 0. The second-order valence-corrected chi connectivity index (χ2v) is 4.80. The van der Waals surface area contributed by atoms with Crippen LogP contribution >= 0.6 is 0 Å². The van der Waals surface area contributed by atoms with Crippen molar-refractivity contribution in [1.29, 1.82) is 0 Å². The van der Waals surface area contributed by atoms with E-state index < -0.39 is 29.1 Å². The van der Waals surface area contributed by atoms with Crippen LogP contribution in [0.3, 0.4) is 0 Å². The fraction of sp³-hybridized carbons (Fsp3) is 0.500. The maximum atomic E-state index is 13.5. The van der Waals surface area contributed by atoms with E-state index in [1.807, 2.05) is 0 Å². The molecule has 98 valence electrons. The molecule has 1 atom stereocenters. The summed E-state index contributed by atoms with van der Waals surface area (Å²) < 4.78 is 26.9. The molecular weight excluding hydrogens is 238 g/mol. The van der Waals surface area contributed by atoms with Crippen LogP contribution in [0.4, 0.5) is 8.78 Å². The number of aliphatic hydroxyl groups is 1. The van der Waals surface area contributed by atoms with Crippen molar-refractivity contribution in [3.05, 3.63) is 35.4 Å². The molecule has 2 nitrogen and oxygen atoms in total. The van der Waals surface area contributed by atoms with Gasteiger partial charge in [-0.05, 0) is 30.9 Å². The molecule has 1 N–H and O–H groups in total. The molecule has 0 spiro atoms. The smallest absolute Gasteiger partial charge is 0.197 e. The molecule has 1 unspecified atom stereocenters. The zero-order valence-corrected chi connectivity index (χ0v) is 10.0. The number of carbonyl (C=O) groups excluding carboxylic acids is 1. The number of halogens is 2. The number of aliphatic hydroxyl groups excluding tert-OH is 1. The highest BCUT2D eigenvalue weighted by Crippen LogP contribution is 2.28. The largest absolute Gasteiger partial charge is 0.385 e. The van der Waals surface area contributed by atoms with E-state index in [0.29, 0.717) is 0 Å². The molecule has 0 saturated heterocycles. The minimum atomic E-state index is -1.29. The number of Topliss-reactive ketones (excluding diaryl/α,β-unsaturated/α-hetero) is 1. The van der Waals surface area contributed by atoms with E-state index >= 15 is 0 Å². The molecule has 1 aliphatic carbocycles. The molecule has 1 aromatic carbocycles. The molecule has 0 heterocycles. The lowest BCUT2D eigenvalue weighted by molar-refractivity contribution is 0.0526. The van der Waals surface area contributed by atoms with Crippen LogP contribution in [0.5, 0.6) is 0 Å². The zero-order valence-electron chi connectivity index (χ0n) is 10.0. The van der Waals surface area contributed by atoms with Crippen molar-refractivity contribution >= 4 is 5.78 Å². The Bertz CT molecular complexity index is 419. The van der Waals surface area contributed by atoms with Gasteiger partial charge in [-0.15, -0.1) is 0 Å². The molecule has 0 amide bonds. The Morgan fingerprint density at radius 3 is 2.28 bits per heavy atom. The first kappa shape index (κ1) is 13.1. The van der Waals surface area contributed by atoms with E-state index in [1.165, 1.54) is 6.07 Å². The second kappa shape index (κ2) is 5.57. The Hall–Kier alpha value is -1.29. The van der Waals surface area contributed by atoms with Crippen molar-refractivity contribution in [3.8, 4) is 0 Å². The van der Waals surface area contributed by atoms with Gasteiger partial charge in [-0.3, -0.25) is 4.79 Å². The number of hydrogen-bond acceptors (Lipinski definition) is 2. The number of carbonyl (C=O) groups is 1. The van der Waals surface area contributed by atoms with Crippen LogP contribution in [0.15, 0.2) is 18.2 Å². The van der Waals surface area contributed by atoms with Crippen molar-refractivity contribution < 1.29 is 18.7 Å². The van der Waals surface area contributed by atoms with Crippen LogP contribution < -0.4 is 0 Å². The highest BCUT2D eigenvalue weighted by atomic mass is 19.1. The van der Waals surface area contributed by atoms with Gasteiger partial charge in [-0.1, -0.05) is 25.3 Å². The van der Waals surface area contributed by atoms with Gasteiger partial charge in [-0.2, -0.15) is 0 Å². The van der Waals surface area contributed by atoms with E-state index in [2.05, 4.69) is 0 Å². The van der Waals surface area contributed by atoms with Gasteiger partial charge in [0.2, 0.25) is 0 Å². The van der Waals surface area contributed by atoms with Gasteiger partial charge >= 0.3 is 0 Å². The molecule has 1 saturated carbocycles. The Labute approximate surface area is 105 Å². The molecule has 1 fully saturated rings. The van der Waals surface area contributed by atoms with Crippen LogP contribution in [0.25, 0.3) is 0 Å². The molecule has 2 rings (SSSR count). The Balaban J connectivity index is 2.19. The third kappa shape index (κ3) is 2.58. The topological polar surface area (TPSA) is 37.3 Å². The van der Waals surface area contributed by atoms with Crippen molar-refractivity contribution in [2.75, 3.05) is 0 Å². The van der Waals surface area contributed by atoms with Crippen molar-refractivity contribution in [2.24, 2.45) is 5.92 Å². The maximum Gasteiger partial charge on any atom is 0.197 e. The minimum absolute atomic E-state index is 0.176. The zero-order chi connectivity index (χ0) is 13.1. The molecule has 18 heavy (non-hydrogen) atoms. The Morgan fingerprint density at radius 2 is 1.72 bits per heavy atom. The minimum Gasteiger partial charge on any atom is -0.385 e. The first-order valence-electron chi connectivity index (χ1n) is 6.27. The third-order valence-electron chi connectivity index (χ3n) is 3.57. The summed E-state index contributed by atoms with van der Waals surface area (Å²) in [6.07, 6.45) is 3.18. The van der Waals surface area contributed by atoms with Gasteiger partial charge in [-0.25, -0.2) is 8.78 Å². The van der Waals surface area contributed by atoms with E-state index in [1.54, 1.807) is 0 Å². The third-order valence-corrected chi connectivity index (χ3v) is 3.57.